The monoisotopic (exact) mass is 124 g/mol. The lowest BCUT2D eigenvalue weighted by atomic mass is 10.8. The van der Waals surface area contributed by atoms with Gasteiger partial charge in [0, 0.05) is 0 Å². The number of nitrogens with zero attached hydrogens (tertiary/aromatic N) is 4. The average molecular weight is 124 g/mol. The molecule has 0 saturated carbocycles. The second kappa shape index (κ2) is 1.31. The third-order valence-electron chi connectivity index (χ3n) is 0.983. The molecule has 2 aromatic heterocycles. The molecular formula is C4H4N4O. The molecule has 5 nitrogen and oxygen atoms in total. The number of aryl methyl sites for hydroxylation is 1. The van der Waals surface area contributed by atoms with Gasteiger partial charge in [-0.25, -0.2) is 0 Å². The molecule has 0 atom stereocenters. The lowest BCUT2D eigenvalue weighted by Crippen LogP contribution is -1.84. The van der Waals surface area contributed by atoms with E-state index < -0.39 is 0 Å². The lowest BCUT2D eigenvalue weighted by Gasteiger charge is -1.67. The number of hydrogen-bond donors (Lipinski definition) is 0. The Morgan fingerprint density at radius 1 is 1.67 bits per heavy atom. The van der Waals surface area contributed by atoms with Gasteiger partial charge in [0.25, 0.3) is 0 Å². The fourth-order valence-electron chi connectivity index (χ4n) is 0.649. The molecule has 9 heavy (non-hydrogen) atoms. The first-order valence-electron chi connectivity index (χ1n) is 2.49. The summed E-state index contributed by atoms with van der Waals surface area (Å²) in [5.74, 6) is 1.11. The fourth-order valence-corrected chi connectivity index (χ4v) is 0.649. The van der Waals surface area contributed by atoms with Gasteiger partial charge in [0.2, 0.25) is 6.39 Å². The van der Waals surface area contributed by atoms with Gasteiger partial charge < -0.3 is 4.42 Å². The summed E-state index contributed by atoms with van der Waals surface area (Å²) in [6.07, 6.45) is 1.30. The molecule has 2 heterocycles. The molecule has 0 spiro atoms. The Morgan fingerprint density at radius 2 is 2.56 bits per heavy atom. The van der Waals surface area contributed by atoms with Gasteiger partial charge in [-0.1, -0.05) is 4.63 Å². The third-order valence-corrected chi connectivity index (χ3v) is 0.983. The maximum Gasteiger partial charge on any atom is 0.343 e. The molecule has 0 radical (unpaired) electrons. The predicted octanol–water partition coefficient (Wildman–Crippen LogP) is 0.0257. The minimum atomic E-state index is 0.438. The van der Waals surface area contributed by atoms with Crippen LogP contribution in [0.25, 0.3) is 5.84 Å². The zero-order valence-corrected chi connectivity index (χ0v) is 4.77. The van der Waals surface area contributed by atoms with Gasteiger partial charge >= 0.3 is 5.84 Å². The minimum Gasteiger partial charge on any atom is -0.409 e. The normalized spacial score (nSPS) is 10.8. The van der Waals surface area contributed by atoms with E-state index in [0.29, 0.717) is 11.7 Å². The molecule has 0 N–H and O–H groups in total. The summed E-state index contributed by atoms with van der Waals surface area (Å²) >= 11 is 0. The van der Waals surface area contributed by atoms with Crippen molar-refractivity contribution in [1.29, 1.82) is 0 Å². The first kappa shape index (κ1) is 4.49. The largest absolute Gasteiger partial charge is 0.409 e. The lowest BCUT2D eigenvalue weighted by molar-refractivity contribution is 0.588. The summed E-state index contributed by atoms with van der Waals surface area (Å²) < 4.78 is 6.16. The van der Waals surface area contributed by atoms with E-state index in [2.05, 4.69) is 15.2 Å². The summed E-state index contributed by atoms with van der Waals surface area (Å²) in [6.45, 7) is 1.78. The SMILES string of the molecule is Cc1nc2ocnn2n1. The van der Waals surface area contributed by atoms with Gasteiger partial charge in [-0.05, 0) is 6.92 Å². The van der Waals surface area contributed by atoms with Crippen molar-refractivity contribution >= 4 is 5.84 Å². The van der Waals surface area contributed by atoms with Crippen LogP contribution >= 0.6 is 0 Å². The van der Waals surface area contributed by atoms with Crippen LogP contribution in [-0.4, -0.2) is 19.8 Å². The maximum atomic E-state index is 4.82. The van der Waals surface area contributed by atoms with Crippen molar-refractivity contribution in [1.82, 2.24) is 19.8 Å². The quantitative estimate of drug-likeness (QED) is 0.497. The van der Waals surface area contributed by atoms with E-state index in [4.69, 9.17) is 4.42 Å². The molecule has 0 saturated heterocycles. The molecule has 2 rings (SSSR count). The Hall–Kier alpha value is -1.39. The highest BCUT2D eigenvalue weighted by Gasteiger charge is 1.99. The highest BCUT2D eigenvalue weighted by Crippen LogP contribution is 1.95. The van der Waals surface area contributed by atoms with E-state index in [0.717, 1.165) is 0 Å². The summed E-state index contributed by atoms with van der Waals surface area (Å²) in [5.41, 5.74) is 0. The van der Waals surface area contributed by atoms with Gasteiger partial charge in [0.1, 0.15) is 0 Å². The van der Waals surface area contributed by atoms with E-state index in [9.17, 15) is 0 Å². The second-order valence-corrected chi connectivity index (χ2v) is 1.67. The van der Waals surface area contributed by atoms with Crippen molar-refractivity contribution in [3.8, 4) is 0 Å². The molecule has 0 aliphatic rings. The molecule has 0 amide bonds. The summed E-state index contributed by atoms with van der Waals surface area (Å²) in [7, 11) is 0. The van der Waals surface area contributed by atoms with Crippen molar-refractivity contribution in [3.63, 3.8) is 0 Å². The van der Waals surface area contributed by atoms with Crippen LogP contribution in [0.3, 0.4) is 0 Å². The van der Waals surface area contributed by atoms with Crippen molar-refractivity contribution in [2.24, 2.45) is 0 Å². The van der Waals surface area contributed by atoms with Crippen molar-refractivity contribution in [2.45, 2.75) is 6.92 Å². The van der Waals surface area contributed by atoms with Gasteiger partial charge in [-0.15, -0.1) is 10.2 Å². The van der Waals surface area contributed by atoms with Crippen LogP contribution in [0.15, 0.2) is 10.8 Å². The molecule has 2 aromatic rings. The van der Waals surface area contributed by atoms with E-state index in [1.807, 2.05) is 0 Å². The fraction of sp³-hybridized carbons (Fsp3) is 0.250. The van der Waals surface area contributed by atoms with Gasteiger partial charge in [-0.3, -0.25) is 0 Å². The molecule has 0 unspecified atom stereocenters. The van der Waals surface area contributed by atoms with Gasteiger partial charge in [0.15, 0.2) is 5.82 Å². The first-order valence-corrected chi connectivity index (χ1v) is 2.49. The Kier molecular flexibility index (Phi) is 0.652. The van der Waals surface area contributed by atoms with Crippen LogP contribution in [0, 0.1) is 6.92 Å². The summed E-state index contributed by atoms with van der Waals surface area (Å²) in [4.78, 5) is 3.90. The molecule has 0 fully saturated rings. The third kappa shape index (κ3) is 0.509. The highest BCUT2D eigenvalue weighted by molar-refractivity contribution is 5.16. The topological polar surface area (TPSA) is 56.2 Å². The van der Waals surface area contributed by atoms with Crippen LogP contribution < -0.4 is 0 Å². The molecule has 0 aliphatic heterocycles. The number of hydrogen-bond acceptors (Lipinski definition) is 4. The highest BCUT2D eigenvalue weighted by atomic mass is 16.4. The Labute approximate surface area is 50.3 Å². The maximum absolute atomic E-state index is 4.82. The van der Waals surface area contributed by atoms with Crippen molar-refractivity contribution in [3.05, 3.63) is 12.2 Å². The van der Waals surface area contributed by atoms with Gasteiger partial charge in [0.05, 0.1) is 0 Å². The van der Waals surface area contributed by atoms with Gasteiger partial charge in [-0.2, -0.15) is 4.98 Å². The Bertz CT molecular complexity index is 293. The van der Waals surface area contributed by atoms with E-state index >= 15 is 0 Å². The van der Waals surface area contributed by atoms with Crippen LogP contribution in [-0.2, 0) is 0 Å². The Morgan fingerprint density at radius 3 is 3.33 bits per heavy atom. The van der Waals surface area contributed by atoms with E-state index in [1.165, 1.54) is 11.0 Å². The first-order chi connectivity index (χ1) is 4.36. The number of aromatic nitrogens is 4. The smallest absolute Gasteiger partial charge is 0.343 e. The van der Waals surface area contributed by atoms with Crippen LogP contribution in [0.2, 0.25) is 0 Å². The summed E-state index contributed by atoms with van der Waals surface area (Å²) in [6, 6.07) is 0. The van der Waals surface area contributed by atoms with Crippen LogP contribution in [0.5, 0.6) is 0 Å². The van der Waals surface area contributed by atoms with Crippen molar-refractivity contribution in [2.75, 3.05) is 0 Å². The van der Waals surface area contributed by atoms with E-state index in [1.54, 1.807) is 6.92 Å². The van der Waals surface area contributed by atoms with Crippen LogP contribution in [0.1, 0.15) is 5.82 Å². The minimum absolute atomic E-state index is 0.438. The molecule has 0 aliphatic carbocycles. The average Bonchev–Trinajstić information content (AvgIpc) is 2.22. The van der Waals surface area contributed by atoms with Crippen molar-refractivity contribution < 1.29 is 4.42 Å². The molecule has 0 aromatic carbocycles. The molecular weight excluding hydrogens is 120 g/mol. The van der Waals surface area contributed by atoms with Crippen LogP contribution in [0.4, 0.5) is 0 Å². The molecule has 46 valence electrons. The Balaban J connectivity index is 2.92. The summed E-state index contributed by atoms with van der Waals surface area (Å²) in [5, 5.41) is 7.59. The second-order valence-electron chi connectivity index (χ2n) is 1.67. The molecule has 5 heteroatoms. The van der Waals surface area contributed by atoms with E-state index in [-0.39, 0.29) is 0 Å². The standard InChI is InChI=1S/C4H4N4O/c1-3-6-4-8(7-3)5-2-9-4/h2H,1H3. The molecule has 0 bridgehead atoms. The zero-order chi connectivity index (χ0) is 6.27. The zero-order valence-electron chi connectivity index (χ0n) is 4.77. The predicted molar refractivity (Wildman–Crippen MR) is 27.8 cm³/mol. The number of rotatable bonds is 0. The number of fused-ring (bicyclic) bond motifs is 1.